The molecular weight excluding hydrogens is 406 g/mol. The maximum Gasteiger partial charge on any atom is 0.345 e. The van der Waals surface area contributed by atoms with Crippen molar-refractivity contribution in [1.82, 2.24) is 5.32 Å². The molecule has 0 fully saturated rings. The maximum atomic E-state index is 13.6. The van der Waals surface area contributed by atoms with Gasteiger partial charge in [0.2, 0.25) is 0 Å². The third-order valence-corrected chi connectivity index (χ3v) is 3.94. The number of benzene rings is 2. The number of ether oxygens (including phenoxy) is 3. The molecule has 9 nitrogen and oxygen atoms in total. The third-order valence-electron chi connectivity index (χ3n) is 3.94. The highest BCUT2D eigenvalue weighted by Crippen LogP contribution is 2.35. The number of nitrogens with zero attached hydrogens (tertiary/aromatic N) is 1. The highest BCUT2D eigenvalue weighted by molar-refractivity contribution is 5.95. The topological polar surface area (TPSA) is 117 Å². The van der Waals surface area contributed by atoms with Gasteiger partial charge in [0.25, 0.3) is 11.6 Å². The van der Waals surface area contributed by atoms with Crippen LogP contribution in [0, 0.1) is 21.7 Å². The number of methoxy groups -OCH3 is 2. The second-order valence-corrected chi connectivity index (χ2v) is 5.82. The van der Waals surface area contributed by atoms with E-state index in [9.17, 15) is 28.5 Å². The molecule has 0 aliphatic rings. The van der Waals surface area contributed by atoms with Crippen molar-refractivity contribution in [3.05, 3.63) is 63.2 Å². The Morgan fingerprint density at radius 3 is 2.37 bits per heavy atom. The van der Waals surface area contributed by atoms with Crippen LogP contribution >= 0.6 is 0 Å². The van der Waals surface area contributed by atoms with Crippen molar-refractivity contribution in [2.75, 3.05) is 27.4 Å². The summed E-state index contributed by atoms with van der Waals surface area (Å²) in [5.41, 5.74) is -1.51. The highest BCUT2D eigenvalue weighted by atomic mass is 19.1. The van der Waals surface area contributed by atoms with E-state index in [-0.39, 0.29) is 36.6 Å². The van der Waals surface area contributed by atoms with Crippen molar-refractivity contribution in [2.24, 2.45) is 0 Å². The van der Waals surface area contributed by atoms with Crippen molar-refractivity contribution in [3.63, 3.8) is 0 Å². The van der Waals surface area contributed by atoms with E-state index in [1.54, 1.807) is 0 Å². The minimum absolute atomic E-state index is 0.00875. The van der Waals surface area contributed by atoms with E-state index in [0.29, 0.717) is 0 Å². The third kappa shape index (κ3) is 5.19. The van der Waals surface area contributed by atoms with E-state index in [1.807, 2.05) is 0 Å². The molecule has 0 radical (unpaired) electrons. The number of nitro groups is 1. The molecule has 2 rings (SSSR count). The van der Waals surface area contributed by atoms with Crippen LogP contribution in [0.25, 0.3) is 0 Å². The van der Waals surface area contributed by atoms with Crippen molar-refractivity contribution in [3.8, 4) is 11.5 Å². The summed E-state index contributed by atoms with van der Waals surface area (Å²) >= 11 is 0. The normalized spacial score (nSPS) is 10.3. The van der Waals surface area contributed by atoms with Crippen LogP contribution in [-0.2, 0) is 4.74 Å². The van der Waals surface area contributed by atoms with Crippen molar-refractivity contribution in [2.45, 2.75) is 6.42 Å². The summed E-state index contributed by atoms with van der Waals surface area (Å²) in [6.07, 6.45) is 0.232. The Morgan fingerprint density at radius 2 is 1.80 bits per heavy atom. The van der Waals surface area contributed by atoms with Gasteiger partial charge in [-0.05, 0) is 18.6 Å². The average molecular weight is 424 g/mol. The van der Waals surface area contributed by atoms with E-state index < -0.39 is 39.7 Å². The first-order valence-electron chi connectivity index (χ1n) is 8.59. The van der Waals surface area contributed by atoms with Gasteiger partial charge in [-0.2, -0.15) is 0 Å². The van der Waals surface area contributed by atoms with Gasteiger partial charge in [-0.25, -0.2) is 13.6 Å². The van der Waals surface area contributed by atoms with Gasteiger partial charge in [-0.15, -0.1) is 0 Å². The Labute approximate surface area is 169 Å². The van der Waals surface area contributed by atoms with Crippen LogP contribution in [0.1, 0.15) is 27.1 Å². The molecule has 30 heavy (non-hydrogen) atoms. The van der Waals surface area contributed by atoms with Crippen LogP contribution in [0.4, 0.5) is 14.5 Å². The summed E-state index contributed by atoms with van der Waals surface area (Å²) in [6.45, 7) is 0.0422. The van der Waals surface area contributed by atoms with Gasteiger partial charge >= 0.3 is 5.97 Å². The number of carbonyl (C=O) groups excluding carboxylic acids is 2. The summed E-state index contributed by atoms with van der Waals surface area (Å²) in [5.74, 6) is -3.72. The molecule has 1 N–H and O–H groups in total. The van der Waals surface area contributed by atoms with Gasteiger partial charge in [0.15, 0.2) is 11.5 Å². The van der Waals surface area contributed by atoms with Crippen LogP contribution in [0.5, 0.6) is 11.5 Å². The lowest BCUT2D eigenvalue weighted by atomic mass is 10.1. The second kappa shape index (κ2) is 10.1. The Hall–Kier alpha value is -3.76. The molecule has 0 aromatic heterocycles. The number of nitrogens with one attached hydrogen (secondary N) is 1. The van der Waals surface area contributed by atoms with Gasteiger partial charge in [0, 0.05) is 12.6 Å². The Kier molecular flexibility index (Phi) is 7.62. The first-order chi connectivity index (χ1) is 14.3. The zero-order chi connectivity index (χ0) is 22.3. The lowest BCUT2D eigenvalue weighted by Crippen LogP contribution is -2.27. The number of rotatable bonds is 9. The standard InChI is InChI=1S/C19H18F2N2O7/c1-28-15-10-14(23(26)27)11(19(25)29-2)9-16(15)30-8-4-7-22-18(24)17-12(20)5-3-6-13(17)21/h3,5-6,9-10H,4,7-8H2,1-2H3,(H,22,24). The molecule has 0 heterocycles. The summed E-state index contributed by atoms with van der Waals surface area (Å²) in [4.78, 5) is 34.1. The Morgan fingerprint density at radius 1 is 1.13 bits per heavy atom. The number of amides is 1. The SMILES string of the molecule is COC(=O)c1cc(OCCCNC(=O)c2c(F)cccc2F)c(OC)cc1[N+](=O)[O-]. The lowest BCUT2D eigenvalue weighted by molar-refractivity contribution is -0.385. The molecule has 0 bridgehead atoms. The molecule has 1 amide bonds. The lowest BCUT2D eigenvalue weighted by Gasteiger charge is -2.13. The van der Waals surface area contributed by atoms with Gasteiger partial charge in [-0.1, -0.05) is 6.07 Å². The second-order valence-electron chi connectivity index (χ2n) is 5.82. The fourth-order valence-electron chi connectivity index (χ4n) is 2.51. The number of nitro benzene ring substituents is 1. The summed E-state index contributed by atoms with van der Waals surface area (Å²) in [6, 6.07) is 5.25. The smallest absolute Gasteiger partial charge is 0.345 e. The molecule has 0 aliphatic carbocycles. The molecule has 0 saturated carbocycles. The summed E-state index contributed by atoms with van der Waals surface area (Å²) < 4.78 is 42.2. The first-order valence-corrected chi connectivity index (χ1v) is 8.59. The quantitative estimate of drug-likeness (QED) is 0.285. The molecule has 0 unspecified atom stereocenters. The summed E-state index contributed by atoms with van der Waals surface area (Å²) in [7, 11) is 2.35. The number of carbonyl (C=O) groups is 2. The largest absolute Gasteiger partial charge is 0.493 e. The van der Waals surface area contributed by atoms with Crippen LogP contribution in [0.3, 0.4) is 0 Å². The molecule has 0 saturated heterocycles. The fourth-order valence-corrected chi connectivity index (χ4v) is 2.51. The van der Waals surface area contributed by atoms with Crippen LogP contribution in [-0.4, -0.2) is 44.2 Å². The van der Waals surface area contributed by atoms with E-state index >= 15 is 0 Å². The van der Waals surface area contributed by atoms with E-state index in [0.717, 1.165) is 37.4 Å². The molecule has 160 valence electrons. The molecule has 0 aliphatic heterocycles. The monoisotopic (exact) mass is 424 g/mol. The molecule has 2 aromatic carbocycles. The number of hydrogen-bond donors (Lipinski definition) is 1. The van der Waals surface area contributed by atoms with Crippen molar-refractivity contribution < 1.29 is 37.5 Å². The van der Waals surface area contributed by atoms with E-state index in [1.165, 1.54) is 7.11 Å². The Balaban J connectivity index is 2.01. The van der Waals surface area contributed by atoms with Gasteiger partial charge < -0.3 is 19.5 Å². The van der Waals surface area contributed by atoms with Gasteiger partial charge in [-0.3, -0.25) is 14.9 Å². The van der Waals surface area contributed by atoms with Gasteiger partial charge in [0.1, 0.15) is 22.8 Å². The molecule has 2 aromatic rings. The number of esters is 1. The number of hydrogen-bond acceptors (Lipinski definition) is 7. The zero-order valence-electron chi connectivity index (χ0n) is 16.1. The highest BCUT2D eigenvalue weighted by Gasteiger charge is 2.25. The minimum Gasteiger partial charge on any atom is -0.493 e. The zero-order valence-corrected chi connectivity index (χ0v) is 16.1. The molecular formula is C19H18F2N2O7. The summed E-state index contributed by atoms with van der Waals surface area (Å²) in [5, 5.41) is 13.5. The van der Waals surface area contributed by atoms with Crippen molar-refractivity contribution in [1.29, 1.82) is 0 Å². The van der Waals surface area contributed by atoms with Gasteiger partial charge in [0.05, 0.1) is 31.8 Å². The Bertz CT molecular complexity index is 946. The minimum atomic E-state index is -0.977. The average Bonchev–Trinajstić information content (AvgIpc) is 2.72. The van der Waals surface area contributed by atoms with E-state index in [4.69, 9.17) is 9.47 Å². The first kappa shape index (κ1) is 22.5. The van der Waals surface area contributed by atoms with E-state index in [2.05, 4.69) is 10.1 Å². The van der Waals surface area contributed by atoms with Crippen LogP contribution in [0.15, 0.2) is 30.3 Å². The predicted octanol–water partition coefficient (Wildman–Crippen LogP) is 2.87. The van der Waals surface area contributed by atoms with Crippen molar-refractivity contribution >= 4 is 17.6 Å². The van der Waals surface area contributed by atoms with Crippen LogP contribution in [0.2, 0.25) is 0 Å². The number of halogens is 2. The molecule has 0 atom stereocenters. The fraction of sp³-hybridized carbons (Fsp3) is 0.263. The maximum absolute atomic E-state index is 13.6. The van der Waals surface area contributed by atoms with Crippen LogP contribution < -0.4 is 14.8 Å². The molecule has 0 spiro atoms. The predicted molar refractivity (Wildman–Crippen MR) is 99.8 cm³/mol. The molecule has 11 heteroatoms.